The summed E-state index contributed by atoms with van der Waals surface area (Å²) < 4.78 is 7.47. The highest BCUT2D eigenvalue weighted by Crippen LogP contribution is 2.24. The van der Waals surface area contributed by atoms with Gasteiger partial charge in [-0.2, -0.15) is 5.10 Å². The van der Waals surface area contributed by atoms with E-state index in [4.69, 9.17) is 4.42 Å². The van der Waals surface area contributed by atoms with Crippen molar-refractivity contribution in [3.8, 4) is 11.5 Å². The van der Waals surface area contributed by atoms with Crippen molar-refractivity contribution in [1.82, 2.24) is 29.6 Å². The fraction of sp³-hybridized carbons (Fsp3) is 0.318. The summed E-state index contributed by atoms with van der Waals surface area (Å²) in [5.41, 5.74) is 1.20. The van der Waals surface area contributed by atoms with E-state index in [1.807, 2.05) is 23.0 Å². The van der Waals surface area contributed by atoms with Gasteiger partial charge in [0.05, 0.1) is 24.0 Å². The fourth-order valence-corrected chi connectivity index (χ4v) is 3.82. The number of rotatable bonds is 4. The maximum atomic E-state index is 12.7. The topological polar surface area (TPSA) is 102 Å². The zero-order chi connectivity index (χ0) is 21.4. The van der Waals surface area contributed by atoms with Gasteiger partial charge < -0.3 is 14.6 Å². The molecule has 1 saturated heterocycles. The first-order chi connectivity index (χ1) is 15.0. The predicted molar refractivity (Wildman–Crippen MR) is 116 cm³/mol. The van der Waals surface area contributed by atoms with E-state index in [9.17, 15) is 4.79 Å². The number of carbonyl (C=O) groups excluding carboxylic acids is 1. The lowest BCUT2D eigenvalue weighted by Gasteiger charge is -2.28. The van der Waals surface area contributed by atoms with Crippen LogP contribution < -0.4 is 5.32 Å². The standard InChI is InChI=1S/C22H23N7O2/c1-14-23-12-20(31-14)19-7-15-8-21(25-10-16(15)9-24-19)27-22(30)17-11-26-29(13-17)18-3-5-28(2)6-4-18/h7-13,18H,3-6H2,1-2H3,(H,25,27,30). The molecule has 4 aromatic heterocycles. The lowest BCUT2D eigenvalue weighted by Crippen LogP contribution is -2.31. The molecule has 0 aliphatic carbocycles. The SMILES string of the molecule is Cc1ncc(-c2cc3cc(NC(=O)c4cnn(C5CCN(C)CC5)c4)ncc3cn2)o1. The summed E-state index contributed by atoms with van der Waals surface area (Å²) in [7, 11) is 2.13. The van der Waals surface area contributed by atoms with Crippen LogP contribution in [0.5, 0.6) is 0 Å². The molecule has 0 unspecified atom stereocenters. The van der Waals surface area contributed by atoms with Crippen molar-refractivity contribution in [2.24, 2.45) is 0 Å². The van der Waals surface area contributed by atoms with Crippen LogP contribution in [0.4, 0.5) is 5.82 Å². The third-order valence-corrected chi connectivity index (χ3v) is 5.64. The lowest BCUT2D eigenvalue weighted by molar-refractivity contribution is 0.102. The van der Waals surface area contributed by atoms with Crippen LogP contribution in [0.15, 0.2) is 47.5 Å². The minimum Gasteiger partial charge on any atom is -0.439 e. The summed E-state index contributed by atoms with van der Waals surface area (Å²) in [5, 5.41) is 9.05. The third-order valence-electron chi connectivity index (χ3n) is 5.64. The Balaban J connectivity index is 1.33. The number of nitrogens with one attached hydrogen (secondary N) is 1. The molecule has 0 bridgehead atoms. The second kappa shape index (κ2) is 7.92. The average Bonchev–Trinajstić information content (AvgIpc) is 3.43. The first-order valence-corrected chi connectivity index (χ1v) is 10.3. The second-order valence-corrected chi connectivity index (χ2v) is 7.93. The molecule has 1 aliphatic rings. The Bertz CT molecular complexity index is 1240. The van der Waals surface area contributed by atoms with Gasteiger partial charge in [0, 0.05) is 30.9 Å². The number of nitrogens with zero attached hydrogens (tertiary/aromatic N) is 6. The molecular weight excluding hydrogens is 394 g/mol. The Morgan fingerprint density at radius 1 is 1.06 bits per heavy atom. The number of hydrogen-bond acceptors (Lipinski definition) is 7. The van der Waals surface area contributed by atoms with E-state index in [0.29, 0.717) is 34.8 Å². The van der Waals surface area contributed by atoms with Gasteiger partial charge in [-0.3, -0.25) is 14.5 Å². The first-order valence-electron chi connectivity index (χ1n) is 10.3. The number of hydrogen-bond donors (Lipinski definition) is 1. The predicted octanol–water partition coefficient (Wildman–Crippen LogP) is 3.31. The second-order valence-electron chi connectivity index (χ2n) is 7.93. The Hall–Kier alpha value is -3.59. The summed E-state index contributed by atoms with van der Waals surface area (Å²) in [6.45, 7) is 3.87. The molecule has 0 aromatic carbocycles. The molecule has 31 heavy (non-hydrogen) atoms. The van der Waals surface area contributed by atoms with Gasteiger partial charge in [-0.25, -0.2) is 9.97 Å². The van der Waals surface area contributed by atoms with E-state index in [-0.39, 0.29) is 5.91 Å². The van der Waals surface area contributed by atoms with E-state index < -0.39 is 0 Å². The molecule has 1 aliphatic heterocycles. The molecule has 0 saturated carbocycles. The average molecular weight is 417 g/mol. The first kappa shape index (κ1) is 19.4. The number of fused-ring (bicyclic) bond motifs is 1. The minimum atomic E-state index is -0.230. The van der Waals surface area contributed by atoms with Gasteiger partial charge in [0.2, 0.25) is 0 Å². The van der Waals surface area contributed by atoms with Crippen LogP contribution in [0, 0.1) is 6.92 Å². The van der Waals surface area contributed by atoms with Crippen LogP contribution in [-0.4, -0.2) is 55.7 Å². The Kier molecular flexibility index (Phi) is 4.95. The molecule has 0 radical (unpaired) electrons. The van der Waals surface area contributed by atoms with E-state index >= 15 is 0 Å². The largest absolute Gasteiger partial charge is 0.439 e. The number of oxazole rings is 1. The number of amides is 1. The fourth-order valence-electron chi connectivity index (χ4n) is 3.82. The van der Waals surface area contributed by atoms with Crippen LogP contribution >= 0.6 is 0 Å². The molecule has 1 N–H and O–H groups in total. The van der Waals surface area contributed by atoms with Gasteiger partial charge in [-0.1, -0.05) is 0 Å². The molecule has 5 heterocycles. The van der Waals surface area contributed by atoms with Gasteiger partial charge in [0.25, 0.3) is 5.91 Å². The van der Waals surface area contributed by atoms with E-state index in [1.54, 1.807) is 31.7 Å². The van der Waals surface area contributed by atoms with Gasteiger partial charge in [0.15, 0.2) is 11.7 Å². The van der Waals surface area contributed by atoms with Crippen LogP contribution in [0.1, 0.15) is 35.1 Å². The van der Waals surface area contributed by atoms with E-state index in [2.05, 4.69) is 37.3 Å². The molecular formula is C22H23N7O2. The molecule has 0 spiro atoms. The quantitative estimate of drug-likeness (QED) is 0.543. The number of aromatic nitrogens is 5. The number of carbonyl (C=O) groups is 1. The molecule has 158 valence electrons. The van der Waals surface area contributed by atoms with Crippen molar-refractivity contribution in [2.45, 2.75) is 25.8 Å². The zero-order valence-electron chi connectivity index (χ0n) is 17.4. The van der Waals surface area contributed by atoms with Crippen LogP contribution in [0.2, 0.25) is 0 Å². The Labute approximate surface area is 179 Å². The zero-order valence-corrected chi connectivity index (χ0v) is 17.4. The van der Waals surface area contributed by atoms with Crippen LogP contribution in [-0.2, 0) is 0 Å². The number of pyridine rings is 2. The van der Waals surface area contributed by atoms with Gasteiger partial charge in [0.1, 0.15) is 11.5 Å². The summed E-state index contributed by atoms with van der Waals surface area (Å²) in [6.07, 6.45) is 10.6. The Morgan fingerprint density at radius 2 is 1.87 bits per heavy atom. The maximum absolute atomic E-state index is 12.7. The maximum Gasteiger partial charge on any atom is 0.260 e. The summed E-state index contributed by atoms with van der Waals surface area (Å²) >= 11 is 0. The number of anilines is 1. The van der Waals surface area contributed by atoms with Gasteiger partial charge >= 0.3 is 0 Å². The molecule has 0 atom stereocenters. The molecule has 1 amide bonds. The Morgan fingerprint density at radius 3 is 2.65 bits per heavy atom. The van der Waals surface area contributed by atoms with Crippen molar-refractivity contribution in [3.05, 3.63) is 54.6 Å². The monoisotopic (exact) mass is 417 g/mol. The molecule has 9 nitrogen and oxygen atoms in total. The molecule has 4 aromatic rings. The highest BCUT2D eigenvalue weighted by molar-refractivity contribution is 6.04. The lowest BCUT2D eigenvalue weighted by atomic mass is 10.1. The highest BCUT2D eigenvalue weighted by Gasteiger charge is 2.20. The van der Waals surface area contributed by atoms with E-state index in [1.165, 1.54) is 0 Å². The summed E-state index contributed by atoms with van der Waals surface area (Å²) in [6, 6.07) is 4.05. The molecule has 1 fully saturated rings. The van der Waals surface area contributed by atoms with Crippen molar-refractivity contribution in [2.75, 3.05) is 25.5 Å². The van der Waals surface area contributed by atoms with Crippen molar-refractivity contribution < 1.29 is 9.21 Å². The van der Waals surface area contributed by atoms with E-state index in [0.717, 1.165) is 36.7 Å². The van der Waals surface area contributed by atoms with Crippen LogP contribution in [0.3, 0.4) is 0 Å². The summed E-state index contributed by atoms with van der Waals surface area (Å²) in [4.78, 5) is 27.9. The minimum absolute atomic E-state index is 0.230. The number of aryl methyl sites for hydroxylation is 1. The molecule has 9 heteroatoms. The van der Waals surface area contributed by atoms with Crippen molar-refractivity contribution in [3.63, 3.8) is 0 Å². The van der Waals surface area contributed by atoms with Gasteiger partial charge in [-0.15, -0.1) is 0 Å². The van der Waals surface area contributed by atoms with Crippen molar-refractivity contribution >= 4 is 22.5 Å². The van der Waals surface area contributed by atoms with Gasteiger partial charge in [-0.05, 0) is 50.5 Å². The smallest absolute Gasteiger partial charge is 0.260 e. The summed E-state index contributed by atoms with van der Waals surface area (Å²) in [5.74, 6) is 1.42. The number of likely N-dealkylation sites (tertiary alicyclic amines) is 1. The number of piperidine rings is 1. The highest BCUT2D eigenvalue weighted by atomic mass is 16.4. The third kappa shape index (κ3) is 4.04. The van der Waals surface area contributed by atoms with Crippen molar-refractivity contribution in [1.29, 1.82) is 0 Å². The van der Waals surface area contributed by atoms with Crippen LogP contribution in [0.25, 0.3) is 22.2 Å². The normalized spacial score (nSPS) is 15.4. The molecule has 5 rings (SSSR count).